The van der Waals surface area contributed by atoms with Gasteiger partial charge in [0.2, 0.25) is 0 Å². The van der Waals surface area contributed by atoms with Crippen LogP contribution < -0.4 is 16.0 Å². The minimum atomic E-state index is -1.22. The van der Waals surface area contributed by atoms with Crippen molar-refractivity contribution in [2.45, 2.75) is 12.5 Å². The third-order valence-electron chi connectivity index (χ3n) is 4.70. The molecule has 1 aromatic heterocycles. The van der Waals surface area contributed by atoms with Crippen molar-refractivity contribution in [3.05, 3.63) is 77.8 Å². The van der Waals surface area contributed by atoms with Gasteiger partial charge in [0, 0.05) is 11.3 Å². The van der Waals surface area contributed by atoms with Crippen molar-refractivity contribution in [1.82, 2.24) is 10.6 Å². The summed E-state index contributed by atoms with van der Waals surface area (Å²) in [6.07, 6.45) is 0. The molecule has 0 radical (unpaired) electrons. The fourth-order valence-corrected chi connectivity index (χ4v) is 3.08. The van der Waals surface area contributed by atoms with Gasteiger partial charge in [0.1, 0.15) is 17.1 Å². The van der Waals surface area contributed by atoms with Crippen molar-refractivity contribution in [2.75, 3.05) is 5.32 Å². The van der Waals surface area contributed by atoms with Crippen molar-refractivity contribution in [3.63, 3.8) is 0 Å². The van der Waals surface area contributed by atoms with Gasteiger partial charge in [-0.05, 0) is 61.0 Å². The normalized spacial score (nSPS) is 18.3. The first-order valence-electron chi connectivity index (χ1n) is 8.76. The van der Waals surface area contributed by atoms with E-state index >= 15 is 0 Å². The van der Waals surface area contributed by atoms with Crippen LogP contribution >= 0.6 is 0 Å². The zero-order valence-electron chi connectivity index (χ0n) is 15.3. The van der Waals surface area contributed by atoms with Gasteiger partial charge in [-0.15, -0.1) is 0 Å². The quantitative estimate of drug-likeness (QED) is 0.592. The smallest absolute Gasteiger partial charge is 0.322 e. The molecule has 29 heavy (non-hydrogen) atoms. The fourth-order valence-electron chi connectivity index (χ4n) is 3.08. The van der Waals surface area contributed by atoms with Crippen LogP contribution in [0.3, 0.4) is 0 Å². The highest BCUT2D eigenvalue weighted by molar-refractivity contribution is 6.07. The van der Waals surface area contributed by atoms with E-state index in [1.54, 1.807) is 49.4 Å². The van der Waals surface area contributed by atoms with Gasteiger partial charge in [0.25, 0.3) is 11.8 Å². The molecule has 2 aromatic carbocycles. The largest absolute Gasteiger partial charge is 0.451 e. The molecule has 1 saturated heterocycles. The van der Waals surface area contributed by atoms with Gasteiger partial charge in [-0.25, -0.2) is 9.18 Å². The average Bonchev–Trinajstić information content (AvgIpc) is 3.28. The molecule has 4 rings (SSSR count). The van der Waals surface area contributed by atoms with Crippen molar-refractivity contribution >= 4 is 23.5 Å². The Bertz CT molecular complexity index is 1120. The molecule has 1 fully saturated rings. The first kappa shape index (κ1) is 18.4. The highest BCUT2D eigenvalue weighted by Gasteiger charge is 2.43. The number of imide groups is 1. The zero-order valence-corrected chi connectivity index (χ0v) is 15.3. The van der Waals surface area contributed by atoms with Crippen LogP contribution in [-0.2, 0) is 10.3 Å². The van der Waals surface area contributed by atoms with Crippen LogP contribution in [0.5, 0.6) is 0 Å². The van der Waals surface area contributed by atoms with Crippen LogP contribution in [0.15, 0.2) is 65.1 Å². The lowest BCUT2D eigenvalue weighted by molar-refractivity contribution is -0.123. The minimum absolute atomic E-state index is 0.0767. The Morgan fingerprint density at radius 1 is 1.07 bits per heavy atom. The Morgan fingerprint density at radius 2 is 1.83 bits per heavy atom. The van der Waals surface area contributed by atoms with Gasteiger partial charge in [0.05, 0.1) is 0 Å². The molecule has 146 valence electrons. The highest BCUT2D eigenvalue weighted by Crippen LogP contribution is 2.27. The molecule has 0 spiro atoms. The number of benzene rings is 2. The second kappa shape index (κ2) is 6.90. The second-order valence-corrected chi connectivity index (χ2v) is 6.74. The number of halogens is 1. The molecule has 7 nitrogen and oxygen atoms in total. The van der Waals surface area contributed by atoms with Gasteiger partial charge < -0.3 is 15.1 Å². The number of carbonyl (C=O) groups is 3. The number of carbonyl (C=O) groups excluding carboxylic acids is 3. The monoisotopic (exact) mass is 393 g/mol. The van der Waals surface area contributed by atoms with Crippen LogP contribution in [0.2, 0.25) is 0 Å². The summed E-state index contributed by atoms with van der Waals surface area (Å²) in [4.78, 5) is 36.1. The lowest BCUT2D eigenvalue weighted by Crippen LogP contribution is -2.40. The molecule has 3 aromatic rings. The van der Waals surface area contributed by atoms with E-state index in [9.17, 15) is 18.8 Å². The molecule has 1 atom stereocenters. The lowest BCUT2D eigenvalue weighted by Gasteiger charge is -2.21. The number of furan rings is 1. The predicted molar refractivity (Wildman–Crippen MR) is 103 cm³/mol. The topological polar surface area (TPSA) is 100 Å². The van der Waals surface area contributed by atoms with Crippen molar-refractivity contribution in [3.8, 4) is 11.3 Å². The Hall–Kier alpha value is -3.94. The number of hydrogen-bond acceptors (Lipinski definition) is 4. The SMILES string of the molecule is C[C@@]1(c2cccc(NC(=O)c3ccc(-c4ccc(F)cc4)o3)c2)NC(=O)NC1=O. The summed E-state index contributed by atoms with van der Waals surface area (Å²) in [6.45, 7) is 1.58. The van der Waals surface area contributed by atoms with Gasteiger partial charge in [0.15, 0.2) is 5.76 Å². The van der Waals surface area contributed by atoms with E-state index in [0.717, 1.165) is 0 Å². The molecule has 0 bridgehead atoms. The van der Waals surface area contributed by atoms with E-state index in [1.807, 2.05) is 0 Å². The third-order valence-corrected chi connectivity index (χ3v) is 4.70. The molecule has 0 saturated carbocycles. The molecule has 1 aliphatic rings. The maximum Gasteiger partial charge on any atom is 0.322 e. The number of urea groups is 1. The minimum Gasteiger partial charge on any atom is -0.451 e. The molecular weight excluding hydrogens is 377 g/mol. The summed E-state index contributed by atoms with van der Waals surface area (Å²) < 4.78 is 18.6. The first-order chi connectivity index (χ1) is 13.8. The van der Waals surface area contributed by atoms with E-state index in [-0.39, 0.29) is 11.6 Å². The molecule has 0 aliphatic carbocycles. The summed E-state index contributed by atoms with van der Waals surface area (Å²) in [6, 6.07) is 14.9. The summed E-state index contributed by atoms with van der Waals surface area (Å²) in [5.74, 6) is -0.810. The maximum absolute atomic E-state index is 13.1. The summed E-state index contributed by atoms with van der Waals surface area (Å²) in [7, 11) is 0. The Morgan fingerprint density at radius 3 is 2.52 bits per heavy atom. The van der Waals surface area contributed by atoms with Gasteiger partial charge in [-0.3, -0.25) is 14.9 Å². The van der Waals surface area contributed by atoms with Gasteiger partial charge in [-0.1, -0.05) is 12.1 Å². The fraction of sp³-hybridized carbons (Fsp3) is 0.0952. The molecule has 2 heterocycles. The molecule has 8 heteroatoms. The van der Waals surface area contributed by atoms with Crippen LogP contribution in [0.4, 0.5) is 14.9 Å². The zero-order chi connectivity index (χ0) is 20.6. The van der Waals surface area contributed by atoms with Crippen LogP contribution in [0.1, 0.15) is 23.0 Å². The van der Waals surface area contributed by atoms with Crippen LogP contribution in [-0.4, -0.2) is 17.8 Å². The van der Waals surface area contributed by atoms with Crippen molar-refractivity contribution in [2.24, 2.45) is 0 Å². The number of rotatable bonds is 4. The lowest BCUT2D eigenvalue weighted by atomic mass is 9.92. The Labute approximate surface area is 164 Å². The number of hydrogen-bond donors (Lipinski definition) is 3. The van der Waals surface area contributed by atoms with Crippen molar-refractivity contribution < 1.29 is 23.2 Å². The maximum atomic E-state index is 13.1. The van der Waals surface area contributed by atoms with E-state index in [2.05, 4.69) is 16.0 Å². The average molecular weight is 393 g/mol. The van der Waals surface area contributed by atoms with E-state index in [0.29, 0.717) is 22.6 Å². The molecular formula is C21H16FN3O4. The molecule has 3 N–H and O–H groups in total. The molecule has 0 unspecified atom stereocenters. The summed E-state index contributed by atoms with van der Waals surface area (Å²) in [5, 5.41) is 7.48. The Balaban J connectivity index is 1.53. The number of anilines is 1. The van der Waals surface area contributed by atoms with E-state index < -0.39 is 23.4 Å². The number of amides is 4. The first-order valence-corrected chi connectivity index (χ1v) is 8.76. The standard InChI is InChI=1S/C21H16FN3O4/c1-21(19(27)24-20(28)25-21)13-3-2-4-15(11-13)23-18(26)17-10-9-16(29-17)12-5-7-14(22)8-6-12/h2-11H,1H3,(H,23,26)(H2,24,25,27,28)/t21-/m0/s1. The molecule has 1 aliphatic heterocycles. The van der Waals surface area contributed by atoms with Crippen LogP contribution in [0, 0.1) is 5.82 Å². The van der Waals surface area contributed by atoms with Gasteiger partial charge in [-0.2, -0.15) is 0 Å². The Kier molecular flexibility index (Phi) is 4.38. The van der Waals surface area contributed by atoms with Crippen molar-refractivity contribution in [1.29, 1.82) is 0 Å². The molecule has 4 amide bonds. The number of nitrogens with one attached hydrogen (secondary N) is 3. The highest BCUT2D eigenvalue weighted by atomic mass is 19.1. The second-order valence-electron chi connectivity index (χ2n) is 6.74. The van der Waals surface area contributed by atoms with E-state index in [4.69, 9.17) is 4.42 Å². The summed E-state index contributed by atoms with van der Waals surface area (Å²) in [5.41, 5.74) is 0.369. The third kappa shape index (κ3) is 3.47. The van der Waals surface area contributed by atoms with Crippen LogP contribution in [0.25, 0.3) is 11.3 Å². The van der Waals surface area contributed by atoms with Gasteiger partial charge >= 0.3 is 6.03 Å². The summed E-state index contributed by atoms with van der Waals surface area (Å²) >= 11 is 0. The predicted octanol–water partition coefficient (Wildman–Crippen LogP) is 3.39. The van der Waals surface area contributed by atoms with E-state index in [1.165, 1.54) is 18.2 Å².